The number of nitrogens with zero attached hydrogens (tertiary/aromatic N) is 7. The average Bonchev–Trinajstić information content (AvgIpc) is 3.35. The summed E-state index contributed by atoms with van der Waals surface area (Å²) >= 11 is 0. The van der Waals surface area contributed by atoms with E-state index in [1.54, 1.807) is 30.9 Å². The molecule has 0 radical (unpaired) electrons. The van der Waals surface area contributed by atoms with Crippen LogP contribution >= 0.6 is 0 Å². The van der Waals surface area contributed by atoms with Gasteiger partial charge in [-0.05, 0) is 26.3 Å². The van der Waals surface area contributed by atoms with Gasteiger partial charge < -0.3 is 20.8 Å². The van der Waals surface area contributed by atoms with Crippen LogP contribution in [0.2, 0.25) is 0 Å². The molecule has 1 aliphatic heterocycles. The van der Waals surface area contributed by atoms with Crippen LogP contribution in [0.3, 0.4) is 0 Å². The minimum atomic E-state index is -1.12. The van der Waals surface area contributed by atoms with E-state index < -0.39 is 17.6 Å². The molecule has 1 fully saturated rings. The molecular weight excluding hydrogens is 434 g/mol. The summed E-state index contributed by atoms with van der Waals surface area (Å²) < 4.78 is 31.6. The van der Waals surface area contributed by atoms with Gasteiger partial charge in [-0.25, -0.2) is 18.7 Å². The standard InChI is InChI=1S/C21H24F2N8O2/c1-21(2,33)10-30-9-14(6-25-30)29-7-11(3-13(23)8-29)18-27-19-15-4-12(22)5-16(32)17(15)26-20(24)31(19)28-18/h4-6,9,11,13,32-33H,3,7-8,10H2,1-2H3,(H2,24,26)/t11-,13-/m1/s1. The highest BCUT2D eigenvalue weighted by atomic mass is 19.1. The van der Waals surface area contributed by atoms with Crippen LogP contribution in [0.25, 0.3) is 16.6 Å². The number of aromatic nitrogens is 6. The van der Waals surface area contributed by atoms with Gasteiger partial charge in [0, 0.05) is 31.3 Å². The summed E-state index contributed by atoms with van der Waals surface area (Å²) in [5, 5.41) is 29.0. The van der Waals surface area contributed by atoms with Crippen LogP contribution < -0.4 is 10.6 Å². The minimum absolute atomic E-state index is 0.0180. The summed E-state index contributed by atoms with van der Waals surface area (Å²) in [4.78, 5) is 10.5. The lowest BCUT2D eigenvalue weighted by Gasteiger charge is -2.34. The van der Waals surface area contributed by atoms with Crippen molar-refractivity contribution in [1.82, 2.24) is 29.4 Å². The highest BCUT2D eigenvalue weighted by Gasteiger charge is 2.32. The van der Waals surface area contributed by atoms with Crippen LogP contribution in [0.1, 0.15) is 32.0 Å². The summed E-state index contributed by atoms with van der Waals surface area (Å²) in [5.41, 5.74) is 6.16. The molecule has 4 aromatic rings. The van der Waals surface area contributed by atoms with Crippen LogP contribution in [-0.4, -0.2) is 64.4 Å². The number of hydrogen-bond acceptors (Lipinski definition) is 8. The molecule has 10 nitrogen and oxygen atoms in total. The topological polar surface area (TPSA) is 131 Å². The molecule has 0 saturated carbocycles. The number of phenols is 1. The molecule has 12 heteroatoms. The van der Waals surface area contributed by atoms with E-state index in [0.717, 1.165) is 11.8 Å². The van der Waals surface area contributed by atoms with Gasteiger partial charge in [0.15, 0.2) is 11.5 Å². The molecule has 4 heterocycles. The first kappa shape index (κ1) is 21.3. The molecule has 0 aliphatic carbocycles. The fourth-order valence-electron chi connectivity index (χ4n) is 4.30. The number of halogens is 2. The van der Waals surface area contributed by atoms with Gasteiger partial charge in [-0.15, -0.1) is 5.10 Å². The minimum Gasteiger partial charge on any atom is -0.506 e. The first-order valence-electron chi connectivity index (χ1n) is 10.6. The van der Waals surface area contributed by atoms with E-state index >= 15 is 0 Å². The van der Waals surface area contributed by atoms with Crippen LogP contribution in [0, 0.1) is 5.82 Å². The third kappa shape index (κ3) is 4.01. The number of rotatable bonds is 4. The third-order valence-corrected chi connectivity index (χ3v) is 5.66. The highest BCUT2D eigenvalue weighted by molar-refractivity contribution is 5.95. The molecular formula is C21H24F2N8O2. The van der Waals surface area contributed by atoms with Crippen molar-refractivity contribution in [3.8, 4) is 5.75 Å². The van der Waals surface area contributed by atoms with Gasteiger partial charge in [0.25, 0.3) is 0 Å². The molecule has 1 saturated heterocycles. The Labute approximate surface area is 187 Å². The zero-order chi connectivity index (χ0) is 23.5. The Bertz CT molecular complexity index is 1350. The molecule has 3 aromatic heterocycles. The average molecular weight is 458 g/mol. The number of hydrogen-bond donors (Lipinski definition) is 3. The number of fused-ring (bicyclic) bond motifs is 3. The molecule has 174 valence electrons. The van der Waals surface area contributed by atoms with Crippen LogP contribution in [0.15, 0.2) is 24.5 Å². The number of nitrogen functional groups attached to an aromatic ring is 1. The molecule has 33 heavy (non-hydrogen) atoms. The molecule has 0 bridgehead atoms. The van der Waals surface area contributed by atoms with Crippen molar-refractivity contribution in [3.05, 3.63) is 36.2 Å². The first-order valence-corrected chi connectivity index (χ1v) is 10.6. The number of nitrogens with two attached hydrogens (primary N) is 1. The van der Waals surface area contributed by atoms with Gasteiger partial charge in [-0.2, -0.15) is 9.61 Å². The lowest BCUT2D eigenvalue weighted by molar-refractivity contribution is 0.0577. The molecule has 0 spiro atoms. The summed E-state index contributed by atoms with van der Waals surface area (Å²) in [6.07, 6.45) is 2.50. The molecule has 1 aliphatic rings. The molecule has 1 aromatic carbocycles. The van der Waals surface area contributed by atoms with Crippen LogP contribution in [0.5, 0.6) is 5.75 Å². The maximum Gasteiger partial charge on any atom is 0.223 e. The lowest BCUT2D eigenvalue weighted by atomic mass is 9.96. The Balaban J connectivity index is 1.49. The van der Waals surface area contributed by atoms with E-state index in [1.807, 2.05) is 4.90 Å². The fraction of sp³-hybridized carbons (Fsp3) is 0.429. The maximum absolute atomic E-state index is 14.7. The van der Waals surface area contributed by atoms with Crippen molar-refractivity contribution in [2.24, 2.45) is 0 Å². The number of alkyl halides is 1. The number of anilines is 2. The largest absolute Gasteiger partial charge is 0.506 e. The number of piperidine rings is 1. The van der Waals surface area contributed by atoms with Gasteiger partial charge >= 0.3 is 0 Å². The van der Waals surface area contributed by atoms with Crippen molar-refractivity contribution < 1.29 is 19.0 Å². The maximum atomic E-state index is 14.7. The Kier molecular flexibility index (Phi) is 4.85. The molecule has 4 N–H and O–H groups in total. The molecule has 2 atom stereocenters. The van der Waals surface area contributed by atoms with Gasteiger partial charge in [-0.3, -0.25) is 4.68 Å². The fourth-order valence-corrected chi connectivity index (χ4v) is 4.30. The van der Waals surface area contributed by atoms with E-state index in [1.165, 1.54) is 10.6 Å². The third-order valence-electron chi connectivity index (χ3n) is 5.66. The monoisotopic (exact) mass is 458 g/mol. The van der Waals surface area contributed by atoms with Crippen LogP contribution in [0.4, 0.5) is 20.4 Å². The van der Waals surface area contributed by atoms with Crippen molar-refractivity contribution >= 4 is 28.2 Å². The SMILES string of the molecule is CC(C)(O)Cn1cc(N2C[C@H](F)C[C@@H](c3nc4c5cc(F)cc(O)c5nc(N)n4n3)C2)cn1. The van der Waals surface area contributed by atoms with Gasteiger partial charge in [0.2, 0.25) is 5.95 Å². The zero-order valence-electron chi connectivity index (χ0n) is 18.2. The second-order valence-electron chi connectivity index (χ2n) is 9.14. The van der Waals surface area contributed by atoms with Gasteiger partial charge in [-0.1, -0.05) is 0 Å². The second kappa shape index (κ2) is 7.51. The first-order chi connectivity index (χ1) is 15.6. The van der Waals surface area contributed by atoms with E-state index in [2.05, 4.69) is 20.2 Å². The van der Waals surface area contributed by atoms with Crippen molar-refractivity contribution in [1.29, 1.82) is 0 Å². The molecule has 5 rings (SSSR count). The zero-order valence-corrected chi connectivity index (χ0v) is 18.2. The Morgan fingerprint density at radius 1 is 1.24 bits per heavy atom. The van der Waals surface area contributed by atoms with Crippen molar-refractivity contribution in [2.45, 2.75) is 44.5 Å². The van der Waals surface area contributed by atoms with E-state index in [9.17, 15) is 19.0 Å². The van der Waals surface area contributed by atoms with E-state index in [0.29, 0.717) is 18.9 Å². The van der Waals surface area contributed by atoms with Crippen molar-refractivity contribution in [3.63, 3.8) is 0 Å². The summed E-state index contributed by atoms with van der Waals surface area (Å²) in [6, 6.07) is 2.16. The van der Waals surface area contributed by atoms with Crippen molar-refractivity contribution in [2.75, 3.05) is 23.7 Å². The Morgan fingerprint density at radius 3 is 2.79 bits per heavy atom. The summed E-state index contributed by atoms with van der Waals surface area (Å²) in [5.74, 6) is -1.01. The molecule has 0 amide bonds. The van der Waals surface area contributed by atoms with E-state index in [-0.39, 0.29) is 47.1 Å². The second-order valence-corrected chi connectivity index (χ2v) is 9.14. The number of aromatic hydroxyl groups is 1. The molecule has 0 unspecified atom stereocenters. The predicted molar refractivity (Wildman–Crippen MR) is 117 cm³/mol. The van der Waals surface area contributed by atoms with Gasteiger partial charge in [0.05, 0.1) is 29.4 Å². The van der Waals surface area contributed by atoms with Gasteiger partial charge in [0.1, 0.15) is 23.3 Å². The highest BCUT2D eigenvalue weighted by Crippen LogP contribution is 2.33. The number of aliphatic hydroxyl groups is 1. The number of benzene rings is 1. The predicted octanol–water partition coefficient (Wildman–Crippen LogP) is 2.00. The summed E-state index contributed by atoms with van der Waals surface area (Å²) in [6.45, 7) is 4.32. The summed E-state index contributed by atoms with van der Waals surface area (Å²) in [7, 11) is 0. The lowest BCUT2D eigenvalue weighted by Crippen LogP contribution is -2.41. The number of phenolic OH excluding ortho intramolecular Hbond substituents is 1. The quantitative estimate of drug-likeness (QED) is 0.423. The Morgan fingerprint density at radius 2 is 2.03 bits per heavy atom. The van der Waals surface area contributed by atoms with Crippen LogP contribution in [-0.2, 0) is 6.54 Å². The smallest absolute Gasteiger partial charge is 0.223 e. The normalized spacial score (nSPS) is 19.6. The van der Waals surface area contributed by atoms with E-state index in [4.69, 9.17) is 5.73 Å². The Hall–Kier alpha value is -3.54.